The van der Waals surface area contributed by atoms with Crippen molar-refractivity contribution >= 4 is 5.91 Å². The van der Waals surface area contributed by atoms with Gasteiger partial charge in [0.2, 0.25) is 0 Å². The summed E-state index contributed by atoms with van der Waals surface area (Å²) in [5, 5.41) is 10.4. The van der Waals surface area contributed by atoms with Gasteiger partial charge in [0.05, 0.1) is 6.61 Å². The van der Waals surface area contributed by atoms with Crippen LogP contribution in [0.5, 0.6) is 5.75 Å². The molecule has 1 unspecified atom stereocenters. The van der Waals surface area contributed by atoms with Crippen LogP contribution in [0.4, 0.5) is 0 Å². The number of ether oxygens (including phenoxy) is 1. The van der Waals surface area contributed by atoms with Crippen molar-refractivity contribution < 1.29 is 14.6 Å². The highest BCUT2D eigenvalue weighted by atomic mass is 16.5. The first-order valence-electron chi connectivity index (χ1n) is 10.5. The van der Waals surface area contributed by atoms with Gasteiger partial charge in [-0.25, -0.2) is 0 Å². The first kappa shape index (κ1) is 19.0. The van der Waals surface area contributed by atoms with Crippen LogP contribution in [-0.2, 0) is 6.42 Å². The molecule has 1 saturated carbocycles. The average molecular weight is 380 g/mol. The molecule has 0 radical (unpaired) electrons. The molecule has 1 amide bonds. The number of carbonyl (C=O) groups is 1. The van der Waals surface area contributed by atoms with E-state index in [1.807, 2.05) is 30.3 Å². The summed E-state index contributed by atoms with van der Waals surface area (Å²) in [6.45, 7) is 1.36. The first-order chi connectivity index (χ1) is 13.7. The maximum absolute atomic E-state index is 12.5. The van der Waals surface area contributed by atoms with E-state index in [-0.39, 0.29) is 5.91 Å². The van der Waals surface area contributed by atoms with Crippen LogP contribution in [0, 0.1) is 5.92 Å². The van der Waals surface area contributed by atoms with E-state index >= 15 is 0 Å². The predicted octanol–water partition coefficient (Wildman–Crippen LogP) is 4.73. The van der Waals surface area contributed by atoms with Gasteiger partial charge < -0.3 is 14.7 Å². The van der Waals surface area contributed by atoms with Crippen molar-refractivity contribution in [3.8, 4) is 5.75 Å². The molecule has 1 heterocycles. The van der Waals surface area contributed by atoms with Gasteiger partial charge in [-0.05, 0) is 55.4 Å². The number of hydrogen-bond acceptors (Lipinski definition) is 3. The molecular formula is C24H29NO3. The molecule has 28 heavy (non-hydrogen) atoms. The van der Waals surface area contributed by atoms with Gasteiger partial charge >= 0.3 is 0 Å². The fourth-order valence-corrected chi connectivity index (χ4v) is 4.39. The van der Waals surface area contributed by atoms with Crippen molar-refractivity contribution in [1.82, 2.24) is 4.90 Å². The summed E-state index contributed by atoms with van der Waals surface area (Å²) in [7, 11) is 0. The number of benzene rings is 2. The Morgan fingerprint density at radius 3 is 2.68 bits per heavy atom. The van der Waals surface area contributed by atoms with Crippen LogP contribution in [0.2, 0.25) is 0 Å². The minimum Gasteiger partial charge on any atom is -0.493 e. The number of carbonyl (C=O) groups excluding carboxylic acids is 1. The van der Waals surface area contributed by atoms with Crippen LogP contribution in [0.3, 0.4) is 0 Å². The summed E-state index contributed by atoms with van der Waals surface area (Å²) >= 11 is 0. The largest absolute Gasteiger partial charge is 0.493 e. The zero-order chi connectivity index (χ0) is 19.3. The lowest BCUT2D eigenvalue weighted by atomic mass is 9.90. The van der Waals surface area contributed by atoms with Crippen LogP contribution in [0.15, 0.2) is 48.5 Å². The van der Waals surface area contributed by atoms with Gasteiger partial charge in [0, 0.05) is 17.7 Å². The number of hydrogen-bond donors (Lipinski definition) is 1. The standard InChI is InChI=1S/C24H29NO3/c26-23-21-13-4-5-14-22(21)24(27)25(23)15-7-11-18-10-6-12-20(16-18)28-17-19-8-2-1-3-9-19/h4-6,10,12-14,16,19,23,26H,1-3,7-9,11,15,17H2. The van der Waals surface area contributed by atoms with Gasteiger partial charge in [0.25, 0.3) is 5.91 Å². The highest BCUT2D eigenvalue weighted by Gasteiger charge is 2.34. The van der Waals surface area contributed by atoms with Crippen LogP contribution >= 0.6 is 0 Å². The fraction of sp³-hybridized carbons (Fsp3) is 0.458. The third-order valence-electron chi connectivity index (χ3n) is 6.00. The molecule has 4 nitrogen and oxygen atoms in total. The van der Waals surface area contributed by atoms with E-state index in [1.165, 1.54) is 37.7 Å². The SMILES string of the molecule is O=C1c2ccccc2C(O)N1CCCc1cccc(OCC2CCCCC2)c1. The third-order valence-corrected chi connectivity index (χ3v) is 6.00. The highest BCUT2D eigenvalue weighted by molar-refractivity contribution is 5.98. The molecular weight excluding hydrogens is 350 g/mol. The van der Waals surface area contributed by atoms with E-state index in [0.717, 1.165) is 25.2 Å². The molecule has 2 aromatic carbocycles. The second-order valence-electron chi connectivity index (χ2n) is 8.03. The number of aryl methyl sites for hydroxylation is 1. The number of aliphatic hydroxyl groups excluding tert-OH is 1. The summed E-state index contributed by atoms with van der Waals surface area (Å²) in [5.41, 5.74) is 2.54. The fourth-order valence-electron chi connectivity index (χ4n) is 4.39. The number of fused-ring (bicyclic) bond motifs is 1. The molecule has 1 fully saturated rings. The minimum atomic E-state index is -0.825. The molecule has 0 saturated heterocycles. The van der Waals surface area contributed by atoms with Crippen molar-refractivity contribution in [3.05, 3.63) is 65.2 Å². The van der Waals surface area contributed by atoms with E-state index < -0.39 is 6.23 Å². The number of aliphatic hydroxyl groups is 1. The van der Waals surface area contributed by atoms with Crippen LogP contribution < -0.4 is 4.74 Å². The van der Waals surface area contributed by atoms with E-state index in [2.05, 4.69) is 12.1 Å². The molecule has 1 aliphatic heterocycles. The zero-order valence-electron chi connectivity index (χ0n) is 16.3. The van der Waals surface area contributed by atoms with E-state index in [0.29, 0.717) is 23.6 Å². The Bertz CT molecular complexity index is 813. The van der Waals surface area contributed by atoms with Crippen molar-refractivity contribution in [2.24, 2.45) is 5.92 Å². The normalized spacial score (nSPS) is 19.7. The van der Waals surface area contributed by atoms with Gasteiger partial charge in [0.1, 0.15) is 5.75 Å². The first-order valence-corrected chi connectivity index (χ1v) is 10.5. The molecule has 4 rings (SSSR count). The van der Waals surface area contributed by atoms with E-state index in [4.69, 9.17) is 4.74 Å². The van der Waals surface area contributed by atoms with Gasteiger partial charge in [-0.1, -0.05) is 49.6 Å². The lowest BCUT2D eigenvalue weighted by Gasteiger charge is -2.22. The Morgan fingerprint density at radius 2 is 1.86 bits per heavy atom. The number of amides is 1. The Labute approximate surface area is 167 Å². The molecule has 4 heteroatoms. The smallest absolute Gasteiger partial charge is 0.256 e. The summed E-state index contributed by atoms with van der Waals surface area (Å²) in [5.74, 6) is 1.56. The molecule has 2 aliphatic rings. The molecule has 0 bridgehead atoms. The third kappa shape index (κ3) is 4.22. The molecule has 0 aromatic heterocycles. The molecule has 0 spiro atoms. The van der Waals surface area contributed by atoms with E-state index in [1.54, 1.807) is 11.0 Å². The Balaban J connectivity index is 1.28. The minimum absolute atomic E-state index is 0.0762. The van der Waals surface area contributed by atoms with Crippen molar-refractivity contribution in [2.45, 2.75) is 51.2 Å². The molecule has 1 N–H and O–H groups in total. The Hall–Kier alpha value is -2.33. The summed E-state index contributed by atoms with van der Waals surface area (Å²) < 4.78 is 6.04. The van der Waals surface area contributed by atoms with Crippen molar-refractivity contribution in [3.63, 3.8) is 0 Å². The summed E-state index contributed by atoms with van der Waals surface area (Å²) in [4.78, 5) is 14.0. The van der Waals surface area contributed by atoms with Crippen LogP contribution in [0.1, 0.15) is 66.2 Å². The van der Waals surface area contributed by atoms with Crippen LogP contribution in [0.25, 0.3) is 0 Å². The summed E-state index contributed by atoms with van der Waals surface area (Å²) in [6.07, 6.45) is 7.44. The maximum Gasteiger partial charge on any atom is 0.256 e. The molecule has 1 aliphatic carbocycles. The summed E-state index contributed by atoms with van der Waals surface area (Å²) in [6, 6.07) is 15.6. The quantitative estimate of drug-likeness (QED) is 0.757. The lowest BCUT2D eigenvalue weighted by molar-refractivity contribution is 0.0172. The van der Waals surface area contributed by atoms with Crippen molar-refractivity contribution in [1.29, 1.82) is 0 Å². The topological polar surface area (TPSA) is 49.8 Å². The Kier molecular flexibility index (Phi) is 5.96. The molecule has 1 atom stereocenters. The number of nitrogens with zero attached hydrogens (tertiary/aromatic N) is 1. The van der Waals surface area contributed by atoms with Gasteiger partial charge in [0.15, 0.2) is 6.23 Å². The highest BCUT2D eigenvalue weighted by Crippen LogP contribution is 2.31. The van der Waals surface area contributed by atoms with Crippen LogP contribution in [-0.4, -0.2) is 29.1 Å². The predicted molar refractivity (Wildman–Crippen MR) is 109 cm³/mol. The second-order valence-corrected chi connectivity index (χ2v) is 8.03. The second kappa shape index (κ2) is 8.78. The lowest BCUT2D eigenvalue weighted by Crippen LogP contribution is -2.29. The van der Waals surface area contributed by atoms with Gasteiger partial charge in [-0.3, -0.25) is 4.79 Å². The van der Waals surface area contributed by atoms with Crippen molar-refractivity contribution in [2.75, 3.05) is 13.2 Å². The number of rotatable bonds is 7. The van der Waals surface area contributed by atoms with E-state index in [9.17, 15) is 9.90 Å². The van der Waals surface area contributed by atoms with Gasteiger partial charge in [-0.15, -0.1) is 0 Å². The molecule has 2 aromatic rings. The zero-order valence-corrected chi connectivity index (χ0v) is 16.3. The maximum atomic E-state index is 12.5. The average Bonchev–Trinajstić information content (AvgIpc) is 2.98. The van der Waals surface area contributed by atoms with Gasteiger partial charge in [-0.2, -0.15) is 0 Å². The molecule has 148 valence electrons. The Morgan fingerprint density at radius 1 is 1.04 bits per heavy atom. The monoisotopic (exact) mass is 379 g/mol.